The van der Waals surface area contributed by atoms with Gasteiger partial charge in [-0.1, -0.05) is 11.3 Å². The van der Waals surface area contributed by atoms with Gasteiger partial charge in [-0.05, 0) is 55.2 Å². The molecule has 0 saturated carbocycles. The third-order valence-electron chi connectivity index (χ3n) is 7.33. The van der Waals surface area contributed by atoms with Crippen LogP contribution in [0.3, 0.4) is 0 Å². The van der Waals surface area contributed by atoms with E-state index in [1.54, 1.807) is 17.5 Å². The highest BCUT2D eigenvalue weighted by Gasteiger charge is 2.26. The molecule has 2 saturated heterocycles. The summed E-state index contributed by atoms with van der Waals surface area (Å²) in [7, 11) is 0. The third-order valence-corrected chi connectivity index (χ3v) is 9.98. The SMILES string of the molecule is C[C@@H]1CN(c2cnc(C(=O)Nc3nc(-c4cc(Br)cs4)c(CN4CCC[C@H]4C)s3)cn2)CCN1CCC(=O)O. The number of rotatable bonds is 9. The van der Waals surface area contributed by atoms with Gasteiger partial charge in [0, 0.05) is 59.5 Å². The Hall–Kier alpha value is -2.45. The van der Waals surface area contributed by atoms with Gasteiger partial charge in [-0.15, -0.1) is 11.3 Å². The molecule has 2 N–H and O–H groups in total. The van der Waals surface area contributed by atoms with E-state index in [0.717, 1.165) is 52.6 Å². The molecule has 3 aromatic heterocycles. The quantitative estimate of drug-likeness (QED) is 0.347. The minimum atomic E-state index is -0.782. The predicted octanol–water partition coefficient (Wildman–Crippen LogP) is 4.65. The predicted molar refractivity (Wildman–Crippen MR) is 158 cm³/mol. The summed E-state index contributed by atoms with van der Waals surface area (Å²) in [5.41, 5.74) is 1.15. The number of thiazole rings is 1. The number of aliphatic carboxylic acids is 1. The molecule has 2 aliphatic rings. The second-order valence-corrected chi connectivity index (χ2v) is 13.0. The van der Waals surface area contributed by atoms with E-state index in [1.165, 1.54) is 30.4 Å². The Bertz CT molecular complexity index is 1320. The largest absolute Gasteiger partial charge is 0.481 e. The normalized spacial score (nSPS) is 20.4. The average molecular weight is 635 g/mol. The van der Waals surface area contributed by atoms with E-state index in [4.69, 9.17) is 10.1 Å². The molecule has 3 aromatic rings. The number of carbonyl (C=O) groups is 2. The molecular formula is C26H32BrN7O3S2. The minimum Gasteiger partial charge on any atom is -0.481 e. The number of anilines is 2. The van der Waals surface area contributed by atoms with Gasteiger partial charge in [-0.2, -0.15) is 0 Å². The lowest BCUT2D eigenvalue weighted by Gasteiger charge is -2.40. The number of carboxylic acid groups (broad SMARTS) is 1. The Morgan fingerprint density at radius 2 is 2.00 bits per heavy atom. The van der Waals surface area contributed by atoms with Gasteiger partial charge in [0.15, 0.2) is 5.13 Å². The van der Waals surface area contributed by atoms with Crippen molar-refractivity contribution in [3.05, 3.63) is 38.9 Å². The molecule has 2 atom stereocenters. The van der Waals surface area contributed by atoms with Crippen molar-refractivity contribution < 1.29 is 14.7 Å². The number of likely N-dealkylation sites (tertiary alicyclic amines) is 1. The number of piperazine rings is 1. The van der Waals surface area contributed by atoms with Gasteiger partial charge in [0.2, 0.25) is 0 Å². The molecule has 13 heteroatoms. The lowest BCUT2D eigenvalue weighted by Crippen LogP contribution is -2.52. The van der Waals surface area contributed by atoms with E-state index in [9.17, 15) is 9.59 Å². The van der Waals surface area contributed by atoms with Gasteiger partial charge in [0.25, 0.3) is 5.91 Å². The highest BCUT2D eigenvalue weighted by Crippen LogP contribution is 2.38. The fourth-order valence-electron chi connectivity index (χ4n) is 5.09. The summed E-state index contributed by atoms with van der Waals surface area (Å²) in [4.78, 5) is 46.7. The second-order valence-electron chi connectivity index (χ2n) is 10.1. The summed E-state index contributed by atoms with van der Waals surface area (Å²) in [5.74, 6) is -0.414. The summed E-state index contributed by atoms with van der Waals surface area (Å²) in [5, 5.41) is 14.5. The Morgan fingerprint density at radius 1 is 1.15 bits per heavy atom. The summed E-state index contributed by atoms with van der Waals surface area (Å²) < 4.78 is 1.02. The smallest absolute Gasteiger partial charge is 0.304 e. The van der Waals surface area contributed by atoms with Crippen molar-refractivity contribution in [2.75, 3.05) is 42.9 Å². The van der Waals surface area contributed by atoms with E-state index in [2.05, 4.69) is 65.8 Å². The third kappa shape index (κ3) is 6.83. The number of carbonyl (C=O) groups excluding carboxylic acids is 1. The summed E-state index contributed by atoms with van der Waals surface area (Å²) in [6.45, 7) is 8.98. The van der Waals surface area contributed by atoms with Gasteiger partial charge in [-0.3, -0.25) is 24.7 Å². The second kappa shape index (κ2) is 12.4. The zero-order valence-electron chi connectivity index (χ0n) is 22.0. The minimum absolute atomic E-state index is 0.137. The first-order chi connectivity index (χ1) is 18.8. The van der Waals surface area contributed by atoms with Crippen molar-refractivity contribution in [3.8, 4) is 10.6 Å². The molecule has 1 amide bonds. The molecule has 39 heavy (non-hydrogen) atoms. The Kier molecular flexibility index (Phi) is 8.92. The van der Waals surface area contributed by atoms with Crippen LogP contribution in [0.15, 0.2) is 28.3 Å². The zero-order valence-corrected chi connectivity index (χ0v) is 25.2. The molecular weight excluding hydrogens is 602 g/mol. The van der Waals surface area contributed by atoms with E-state index < -0.39 is 5.97 Å². The fraction of sp³-hybridized carbons (Fsp3) is 0.500. The maximum atomic E-state index is 13.1. The standard InChI is InChI=1S/C26H32BrN7O3S2/c1-16-4-3-6-33(16)14-21-24(20-10-18(27)15-38-20)30-26(39-21)31-25(37)19-11-29-22(12-28-19)34-9-8-32(17(2)13-34)7-5-23(35)36/h10-12,15-17H,3-9,13-14H2,1-2H3,(H,35,36)(H,30,31,37)/t16-,17-/m1/s1. The summed E-state index contributed by atoms with van der Waals surface area (Å²) in [6.07, 6.45) is 5.68. The molecule has 2 aliphatic heterocycles. The maximum Gasteiger partial charge on any atom is 0.304 e. The zero-order chi connectivity index (χ0) is 27.5. The molecule has 10 nitrogen and oxygen atoms in total. The van der Waals surface area contributed by atoms with Crippen molar-refractivity contribution in [1.82, 2.24) is 24.8 Å². The number of carboxylic acids is 1. The van der Waals surface area contributed by atoms with Crippen LogP contribution in [0.25, 0.3) is 10.6 Å². The van der Waals surface area contributed by atoms with E-state index in [1.807, 2.05) is 5.38 Å². The van der Waals surface area contributed by atoms with Crippen molar-refractivity contribution in [2.45, 2.75) is 51.7 Å². The maximum absolute atomic E-state index is 13.1. The number of hydrogen-bond acceptors (Lipinski definition) is 10. The van der Waals surface area contributed by atoms with Crippen LogP contribution in [-0.4, -0.2) is 86.5 Å². The van der Waals surface area contributed by atoms with Crippen molar-refractivity contribution >= 4 is 61.4 Å². The number of hydrogen-bond donors (Lipinski definition) is 2. The Balaban J connectivity index is 1.25. The lowest BCUT2D eigenvalue weighted by molar-refractivity contribution is -0.137. The number of halogens is 1. The van der Waals surface area contributed by atoms with Crippen molar-refractivity contribution in [3.63, 3.8) is 0 Å². The van der Waals surface area contributed by atoms with Gasteiger partial charge in [-0.25, -0.2) is 15.0 Å². The monoisotopic (exact) mass is 633 g/mol. The molecule has 5 heterocycles. The van der Waals surface area contributed by atoms with Crippen LogP contribution < -0.4 is 10.2 Å². The van der Waals surface area contributed by atoms with Gasteiger partial charge < -0.3 is 10.0 Å². The van der Waals surface area contributed by atoms with Crippen molar-refractivity contribution in [2.24, 2.45) is 0 Å². The van der Waals surface area contributed by atoms with E-state index in [-0.39, 0.29) is 24.1 Å². The van der Waals surface area contributed by atoms with Crippen LogP contribution >= 0.6 is 38.6 Å². The Labute approximate surface area is 244 Å². The van der Waals surface area contributed by atoms with Crippen molar-refractivity contribution in [1.29, 1.82) is 0 Å². The highest BCUT2D eigenvalue weighted by atomic mass is 79.9. The van der Waals surface area contributed by atoms with Gasteiger partial charge >= 0.3 is 5.97 Å². The first kappa shape index (κ1) is 28.1. The molecule has 0 bridgehead atoms. The first-order valence-corrected chi connectivity index (χ1v) is 15.6. The Morgan fingerprint density at radius 3 is 2.64 bits per heavy atom. The lowest BCUT2D eigenvalue weighted by atomic mass is 10.2. The van der Waals surface area contributed by atoms with Crippen LogP contribution in [-0.2, 0) is 11.3 Å². The molecule has 208 valence electrons. The fourth-order valence-corrected chi connectivity index (χ4v) is 7.60. The number of nitrogens with zero attached hydrogens (tertiary/aromatic N) is 6. The summed E-state index contributed by atoms with van der Waals surface area (Å²) >= 11 is 6.70. The average Bonchev–Trinajstić information content (AvgIpc) is 3.63. The van der Waals surface area contributed by atoms with Crippen LogP contribution in [0.5, 0.6) is 0 Å². The number of amides is 1. The van der Waals surface area contributed by atoms with E-state index >= 15 is 0 Å². The van der Waals surface area contributed by atoms with Crippen LogP contribution in [0, 0.1) is 0 Å². The molecule has 0 spiro atoms. The molecule has 2 fully saturated rings. The molecule has 5 rings (SSSR count). The molecule has 0 radical (unpaired) electrons. The topological polar surface area (TPSA) is 115 Å². The highest BCUT2D eigenvalue weighted by molar-refractivity contribution is 9.10. The van der Waals surface area contributed by atoms with E-state index in [0.29, 0.717) is 23.5 Å². The van der Waals surface area contributed by atoms with Crippen LogP contribution in [0.1, 0.15) is 48.5 Å². The number of thiophene rings is 1. The van der Waals surface area contributed by atoms with Gasteiger partial charge in [0.05, 0.1) is 29.4 Å². The first-order valence-electron chi connectivity index (χ1n) is 13.1. The number of aromatic nitrogens is 3. The van der Waals surface area contributed by atoms with Crippen LogP contribution in [0.4, 0.5) is 10.9 Å². The molecule has 0 aliphatic carbocycles. The number of nitrogens with one attached hydrogen (secondary N) is 1. The molecule has 0 aromatic carbocycles. The summed E-state index contributed by atoms with van der Waals surface area (Å²) in [6, 6.07) is 2.81. The molecule has 0 unspecified atom stereocenters. The van der Waals surface area contributed by atoms with Gasteiger partial charge in [0.1, 0.15) is 11.5 Å². The van der Waals surface area contributed by atoms with Crippen LogP contribution in [0.2, 0.25) is 0 Å².